The first-order chi connectivity index (χ1) is 16.7. The summed E-state index contributed by atoms with van der Waals surface area (Å²) in [6.07, 6.45) is 2.26. The van der Waals surface area contributed by atoms with Gasteiger partial charge in [0.1, 0.15) is 5.02 Å². The maximum Gasteiger partial charge on any atom is 0.295 e. The van der Waals surface area contributed by atoms with Gasteiger partial charge >= 0.3 is 0 Å². The fraction of sp³-hybridized carbons (Fsp3) is 0.458. The molecule has 3 aromatic rings. The van der Waals surface area contributed by atoms with Crippen LogP contribution >= 0.6 is 11.6 Å². The summed E-state index contributed by atoms with van der Waals surface area (Å²) in [5.74, 6) is -3.35. The smallest absolute Gasteiger partial charge is 0.295 e. The molecule has 2 atom stereocenters. The molecule has 11 heteroatoms. The minimum atomic E-state index is -2.73. The lowest BCUT2D eigenvalue weighted by molar-refractivity contribution is -0.105. The van der Waals surface area contributed by atoms with Crippen molar-refractivity contribution in [2.45, 2.75) is 26.2 Å². The lowest BCUT2D eigenvalue weighted by atomic mass is 9.87. The van der Waals surface area contributed by atoms with Crippen molar-refractivity contribution in [3.8, 4) is 5.75 Å². The van der Waals surface area contributed by atoms with Gasteiger partial charge in [0.2, 0.25) is 11.7 Å². The van der Waals surface area contributed by atoms with Crippen LogP contribution in [0.1, 0.15) is 20.3 Å². The van der Waals surface area contributed by atoms with Crippen LogP contribution in [0.15, 0.2) is 29.2 Å². The van der Waals surface area contributed by atoms with Gasteiger partial charge in [0, 0.05) is 49.6 Å². The molecule has 0 bridgehead atoms. The van der Waals surface area contributed by atoms with Gasteiger partial charge in [-0.15, -0.1) is 0 Å². The molecule has 0 amide bonds. The third-order valence-electron chi connectivity index (χ3n) is 6.80. The zero-order valence-corrected chi connectivity index (χ0v) is 20.5. The Kier molecular flexibility index (Phi) is 5.94. The highest BCUT2D eigenvalue weighted by atomic mass is 35.5. The molecule has 1 saturated heterocycles. The molecule has 0 saturated carbocycles. The predicted molar refractivity (Wildman–Crippen MR) is 134 cm³/mol. The predicted octanol–water partition coefficient (Wildman–Crippen LogP) is 4.65. The zero-order chi connectivity index (χ0) is 24.9. The molecule has 0 radical (unpaired) electrons. The number of alkyl halides is 2. The van der Waals surface area contributed by atoms with Crippen molar-refractivity contribution in [3.63, 3.8) is 0 Å². The SMILES string of the molecule is CC1CN(c2ncc(Cl)c(Nc3ccc4c(c3)c3c(c(=O)n4C)OCCCN3)n2)CC(C)C1(F)F. The van der Waals surface area contributed by atoms with Gasteiger partial charge in [-0.3, -0.25) is 4.79 Å². The summed E-state index contributed by atoms with van der Waals surface area (Å²) in [6, 6.07) is 5.58. The third kappa shape index (κ3) is 4.13. The number of hydrogen-bond acceptors (Lipinski definition) is 7. The number of aryl methyl sites for hydroxylation is 1. The van der Waals surface area contributed by atoms with E-state index in [0.29, 0.717) is 47.1 Å². The molecule has 1 fully saturated rings. The Bertz CT molecular complexity index is 1330. The number of ether oxygens (including phenoxy) is 1. The van der Waals surface area contributed by atoms with E-state index in [1.165, 1.54) is 6.20 Å². The molecule has 2 aromatic heterocycles. The second-order valence-electron chi connectivity index (χ2n) is 9.30. The molecule has 186 valence electrons. The van der Waals surface area contributed by atoms with Crippen molar-refractivity contribution in [1.82, 2.24) is 14.5 Å². The third-order valence-corrected chi connectivity index (χ3v) is 7.08. The molecule has 2 aliphatic rings. The number of hydrogen-bond donors (Lipinski definition) is 2. The van der Waals surface area contributed by atoms with Gasteiger partial charge in [-0.05, 0) is 24.6 Å². The van der Waals surface area contributed by atoms with Crippen molar-refractivity contribution >= 4 is 45.6 Å². The lowest BCUT2D eigenvalue weighted by Crippen LogP contribution is -2.52. The Balaban J connectivity index is 1.49. The van der Waals surface area contributed by atoms with Gasteiger partial charge in [0.05, 0.1) is 24.0 Å². The normalized spacial score (nSPS) is 21.6. The number of halogens is 3. The minimum absolute atomic E-state index is 0.153. The average molecular weight is 505 g/mol. The molecule has 1 aromatic carbocycles. The molecule has 0 aliphatic carbocycles. The Morgan fingerprint density at radius 3 is 2.74 bits per heavy atom. The van der Waals surface area contributed by atoms with Crippen molar-refractivity contribution in [2.75, 3.05) is 41.8 Å². The van der Waals surface area contributed by atoms with E-state index in [0.717, 1.165) is 17.3 Å². The number of pyridine rings is 1. The Morgan fingerprint density at radius 2 is 2.00 bits per heavy atom. The number of benzene rings is 1. The van der Waals surface area contributed by atoms with Crippen LogP contribution in [0.2, 0.25) is 5.02 Å². The van der Waals surface area contributed by atoms with Gasteiger partial charge in [0.15, 0.2) is 5.82 Å². The highest BCUT2D eigenvalue weighted by molar-refractivity contribution is 6.32. The zero-order valence-electron chi connectivity index (χ0n) is 19.7. The van der Waals surface area contributed by atoms with E-state index in [4.69, 9.17) is 16.3 Å². The molecule has 8 nitrogen and oxygen atoms in total. The fourth-order valence-corrected chi connectivity index (χ4v) is 4.87. The van der Waals surface area contributed by atoms with Gasteiger partial charge in [-0.25, -0.2) is 13.8 Å². The average Bonchev–Trinajstić information content (AvgIpc) is 3.09. The topological polar surface area (TPSA) is 84.3 Å². The van der Waals surface area contributed by atoms with Crippen LogP contribution in [0.4, 0.5) is 31.9 Å². The van der Waals surface area contributed by atoms with Crippen LogP contribution in [0.3, 0.4) is 0 Å². The first-order valence-corrected chi connectivity index (χ1v) is 12.0. The highest BCUT2D eigenvalue weighted by Crippen LogP contribution is 2.39. The number of piperidine rings is 1. The standard InChI is InChI=1S/C24H27ClF2N6O2/c1-13-11-33(12-14(2)24(13,26)27)23-29-10-17(25)21(31-23)30-15-5-6-18-16(9-15)19-20(22(34)32(18)3)35-8-4-7-28-19/h5-6,9-10,13-14,28H,4,7-8,11-12H2,1-3H3,(H,29,30,31). The Labute approximate surface area is 206 Å². The highest BCUT2D eigenvalue weighted by Gasteiger charge is 2.47. The van der Waals surface area contributed by atoms with Gasteiger partial charge in [-0.2, -0.15) is 4.98 Å². The maximum absolute atomic E-state index is 14.3. The summed E-state index contributed by atoms with van der Waals surface area (Å²) < 4.78 is 35.9. The monoisotopic (exact) mass is 504 g/mol. The fourth-order valence-electron chi connectivity index (χ4n) is 4.73. The van der Waals surface area contributed by atoms with Crippen molar-refractivity contribution in [1.29, 1.82) is 0 Å². The quantitative estimate of drug-likeness (QED) is 0.537. The largest absolute Gasteiger partial charge is 0.486 e. The summed E-state index contributed by atoms with van der Waals surface area (Å²) in [5, 5.41) is 7.67. The summed E-state index contributed by atoms with van der Waals surface area (Å²) in [6.45, 7) is 4.56. The van der Waals surface area contributed by atoms with Crippen LogP contribution in [0, 0.1) is 11.8 Å². The number of nitrogens with zero attached hydrogens (tertiary/aromatic N) is 4. The van der Waals surface area contributed by atoms with Crippen LogP contribution in [-0.4, -0.2) is 46.7 Å². The van der Waals surface area contributed by atoms with Crippen LogP contribution < -0.4 is 25.8 Å². The van der Waals surface area contributed by atoms with Crippen molar-refractivity contribution in [3.05, 3.63) is 39.8 Å². The van der Waals surface area contributed by atoms with E-state index in [1.807, 2.05) is 18.2 Å². The summed E-state index contributed by atoms with van der Waals surface area (Å²) in [7, 11) is 1.71. The molecular formula is C24H27ClF2N6O2. The number of rotatable bonds is 3. The lowest BCUT2D eigenvalue weighted by Gasteiger charge is -2.41. The maximum atomic E-state index is 14.3. The van der Waals surface area contributed by atoms with E-state index in [9.17, 15) is 13.6 Å². The van der Waals surface area contributed by atoms with Crippen LogP contribution in [0.25, 0.3) is 10.9 Å². The van der Waals surface area contributed by atoms with Gasteiger partial charge in [-0.1, -0.05) is 25.4 Å². The minimum Gasteiger partial charge on any atom is -0.486 e. The molecule has 2 N–H and O–H groups in total. The molecule has 2 aliphatic heterocycles. The number of aromatic nitrogens is 3. The molecule has 2 unspecified atom stereocenters. The van der Waals surface area contributed by atoms with Gasteiger partial charge in [0.25, 0.3) is 11.5 Å². The molecule has 0 spiro atoms. The van der Waals surface area contributed by atoms with E-state index in [1.54, 1.807) is 30.4 Å². The molecule has 4 heterocycles. The first kappa shape index (κ1) is 23.6. The van der Waals surface area contributed by atoms with E-state index < -0.39 is 17.8 Å². The molecule has 5 rings (SSSR count). The number of fused-ring (bicyclic) bond motifs is 3. The van der Waals surface area contributed by atoms with Crippen molar-refractivity contribution in [2.24, 2.45) is 18.9 Å². The Hall–Kier alpha value is -3.14. The summed E-state index contributed by atoms with van der Waals surface area (Å²) >= 11 is 6.39. The Morgan fingerprint density at radius 1 is 1.26 bits per heavy atom. The van der Waals surface area contributed by atoms with Crippen molar-refractivity contribution < 1.29 is 13.5 Å². The second kappa shape index (κ2) is 8.82. The van der Waals surface area contributed by atoms with E-state index >= 15 is 0 Å². The van der Waals surface area contributed by atoms with Crippen LogP contribution in [0.5, 0.6) is 5.75 Å². The van der Waals surface area contributed by atoms with E-state index in [-0.39, 0.29) is 18.6 Å². The second-order valence-corrected chi connectivity index (χ2v) is 9.71. The van der Waals surface area contributed by atoms with E-state index in [2.05, 4.69) is 20.6 Å². The molecular weight excluding hydrogens is 478 g/mol. The summed E-state index contributed by atoms with van der Waals surface area (Å²) in [5.41, 5.74) is 1.92. The van der Waals surface area contributed by atoms with Gasteiger partial charge < -0.3 is 24.8 Å². The van der Waals surface area contributed by atoms with Crippen LogP contribution in [-0.2, 0) is 7.05 Å². The first-order valence-electron chi connectivity index (χ1n) is 11.6. The number of anilines is 4. The summed E-state index contributed by atoms with van der Waals surface area (Å²) in [4.78, 5) is 23.4. The molecule has 35 heavy (non-hydrogen) atoms. The number of nitrogens with one attached hydrogen (secondary N) is 2.